The number of halogens is 2. The van der Waals surface area contributed by atoms with Crippen LogP contribution in [-0.4, -0.2) is 30.9 Å². The minimum absolute atomic E-state index is 0.141. The standard InChI is InChI=1S/C29H28Cl2N2O5S/c1-6-11-37-22-10-8-19(14-23(22)36-5)26-25(28(35)38-15-16(2)3)17(4)32-29-33(26)27(34)24(39-29)13-18-7-9-20(30)21(31)12-18/h6-10,12-14,16,26H,1,11,15H2,2-5H3/b24-13-. The minimum Gasteiger partial charge on any atom is -0.493 e. The normalized spacial score (nSPS) is 15.2. The molecule has 0 saturated carbocycles. The number of allylic oxidation sites excluding steroid dienone is 1. The van der Waals surface area contributed by atoms with Crippen LogP contribution >= 0.6 is 34.5 Å². The predicted molar refractivity (Wildman–Crippen MR) is 155 cm³/mol. The van der Waals surface area contributed by atoms with Crippen molar-refractivity contribution in [3.63, 3.8) is 0 Å². The third kappa shape index (κ3) is 6.13. The molecule has 0 radical (unpaired) electrons. The monoisotopic (exact) mass is 586 g/mol. The number of methoxy groups -OCH3 is 1. The van der Waals surface area contributed by atoms with E-state index in [9.17, 15) is 9.59 Å². The zero-order chi connectivity index (χ0) is 28.3. The van der Waals surface area contributed by atoms with Crippen molar-refractivity contribution in [3.8, 4) is 11.5 Å². The van der Waals surface area contributed by atoms with Crippen LogP contribution in [0.4, 0.5) is 0 Å². The summed E-state index contributed by atoms with van der Waals surface area (Å²) in [5.41, 5.74) is 1.81. The summed E-state index contributed by atoms with van der Waals surface area (Å²) < 4.78 is 18.8. The van der Waals surface area contributed by atoms with E-state index < -0.39 is 12.0 Å². The largest absolute Gasteiger partial charge is 0.493 e. The number of fused-ring (bicyclic) bond motifs is 1. The van der Waals surface area contributed by atoms with Crippen molar-refractivity contribution >= 4 is 46.6 Å². The molecule has 4 rings (SSSR count). The van der Waals surface area contributed by atoms with E-state index in [-0.39, 0.29) is 23.7 Å². The second-order valence-corrected chi connectivity index (χ2v) is 11.1. The van der Waals surface area contributed by atoms with Crippen LogP contribution in [0.2, 0.25) is 10.0 Å². The Morgan fingerprint density at radius 2 is 1.95 bits per heavy atom. The fourth-order valence-electron chi connectivity index (χ4n) is 4.09. The molecule has 0 saturated heterocycles. The van der Waals surface area contributed by atoms with Crippen LogP contribution < -0.4 is 24.4 Å². The molecular formula is C29H28Cl2N2O5S. The molecule has 0 fully saturated rings. The Labute approximate surface area is 240 Å². The van der Waals surface area contributed by atoms with Gasteiger partial charge in [0.1, 0.15) is 6.61 Å². The van der Waals surface area contributed by atoms with Crippen LogP contribution in [0.25, 0.3) is 6.08 Å². The van der Waals surface area contributed by atoms with Gasteiger partial charge in [0.15, 0.2) is 16.3 Å². The number of carbonyl (C=O) groups excluding carboxylic acids is 1. The van der Waals surface area contributed by atoms with Crippen molar-refractivity contribution in [3.05, 3.63) is 101 Å². The predicted octanol–water partition coefficient (Wildman–Crippen LogP) is 5.31. The third-order valence-corrected chi connectivity index (χ3v) is 7.61. The van der Waals surface area contributed by atoms with E-state index >= 15 is 0 Å². The Hall–Kier alpha value is -3.33. The lowest BCUT2D eigenvalue weighted by Crippen LogP contribution is -2.40. The van der Waals surface area contributed by atoms with Crippen LogP contribution in [0.15, 0.2) is 70.1 Å². The van der Waals surface area contributed by atoms with Crippen LogP contribution in [0, 0.1) is 5.92 Å². The summed E-state index contributed by atoms with van der Waals surface area (Å²) in [6, 6.07) is 9.65. The van der Waals surface area contributed by atoms with Gasteiger partial charge in [-0.15, -0.1) is 0 Å². The molecular weight excluding hydrogens is 559 g/mol. The summed E-state index contributed by atoms with van der Waals surface area (Å²) in [7, 11) is 1.53. The van der Waals surface area contributed by atoms with Gasteiger partial charge in [-0.25, -0.2) is 9.79 Å². The van der Waals surface area contributed by atoms with E-state index in [0.29, 0.717) is 54.3 Å². The number of aromatic nitrogens is 1. The molecule has 0 spiro atoms. The summed E-state index contributed by atoms with van der Waals surface area (Å²) in [6.45, 7) is 9.87. The molecule has 3 aromatic rings. The van der Waals surface area contributed by atoms with Gasteiger partial charge in [-0.1, -0.05) is 73.2 Å². The fraction of sp³-hybridized carbons (Fsp3) is 0.276. The molecule has 39 heavy (non-hydrogen) atoms. The van der Waals surface area contributed by atoms with Crippen molar-refractivity contribution < 1.29 is 19.0 Å². The molecule has 0 aliphatic carbocycles. The van der Waals surface area contributed by atoms with E-state index in [4.69, 9.17) is 37.4 Å². The van der Waals surface area contributed by atoms with Crippen molar-refractivity contribution in [2.45, 2.75) is 26.8 Å². The summed E-state index contributed by atoms with van der Waals surface area (Å²) >= 11 is 13.5. The van der Waals surface area contributed by atoms with Gasteiger partial charge in [-0.2, -0.15) is 0 Å². The highest BCUT2D eigenvalue weighted by Gasteiger charge is 2.34. The molecule has 1 aromatic heterocycles. The van der Waals surface area contributed by atoms with E-state index in [2.05, 4.69) is 11.6 Å². The lowest BCUT2D eigenvalue weighted by molar-refractivity contribution is -0.140. The smallest absolute Gasteiger partial charge is 0.338 e. The summed E-state index contributed by atoms with van der Waals surface area (Å²) in [5.74, 6) is 0.580. The van der Waals surface area contributed by atoms with Gasteiger partial charge in [0, 0.05) is 0 Å². The van der Waals surface area contributed by atoms with E-state index in [1.807, 2.05) is 13.8 Å². The highest BCUT2D eigenvalue weighted by molar-refractivity contribution is 7.07. The van der Waals surface area contributed by atoms with Crippen LogP contribution in [0.3, 0.4) is 0 Å². The van der Waals surface area contributed by atoms with Gasteiger partial charge in [0.25, 0.3) is 5.56 Å². The molecule has 7 nitrogen and oxygen atoms in total. The number of benzene rings is 2. The van der Waals surface area contributed by atoms with Crippen LogP contribution in [0.5, 0.6) is 11.5 Å². The van der Waals surface area contributed by atoms with Crippen LogP contribution in [0.1, 0.15) is 37.9 Å². The van der Waals surface area contributed by atoms with Gasteiger partial charge in [0.05, 0.1) is 45.6 Å². The second-order valence-electron chi connectivity index (χ2n) is 9.26. The maximum atomic E-state index is 13.8. The average Bonchev–Trinajstić information content (AvgIpc) is 3.21. The lowest BCUT2D eigenvalue weighted by atomic mass is 9.95. The maximum Gasteiger partial charge on any atom is 0.338 e. The van der Waals surface area contributed by atoms with E-state index in [1.165, 1.54) is 23.0 Å². The van der Waals surface area contributed by atoms with Crippen molar-refractivity contribution in [1.29, 1.82) is 0 Å². The highest BCUT2D eigenvalue weighted by Crippen LogP contribution is 2.36. The summed E-state index contributed by atoms with van der Waals surface area (Å²) in [4.78, 5) is 32.3. The molecule has 0 N–H and O–H groups in total. The number of rotatable bonds is 9. The number of ether oxygens (including phenoxy) is 3. The number of hydrogen-bond acceptors (Lipinski definition) is 7. The molecule has 2 aromatic carbocycles. The van der Waals surface area contributed by atoms with E-state index in [0.717, 1.165) is 0 Å². The Morgan fingerprint density at radius 1 is 1.18 bits per heavy atom. The molecule has 1 unspecified atom stereocenters. The Morgan fingerprint density at radius 3 is 2.62 bits per heavy atom. The van der Waals surface area contributed by atoms with Gasteiger partial charge in [-0.05, 0) is 54.3 Å². The van der Waals surface area contributed by atoms with E-state index in [1.54, 1.807) is 55.5 Å². The zero-order valence-electron chi connectivity index (χ0n) is 22.0. The number of nitrogens with zero attached hydrogens (tertiary/aromatic N) is 2. The van der Waals surface area contributed by atoms with Crippen LogP contribution in [-0.2, 0) is 9.53 Å². The first kappa shape index (κ1) is 28.7. The van der Waals surface area contributed by atoms with Gasteiger partial charge >= 0.3 is 5.97 Å². The summed E-state index contributed by atoms with van der Waals surface area (Å²) in [6.07, 6.45) is 3.36. The minimum atomic E-state index is -0.792. The third-order valence-electron chi connectivity index (χ3n) is 5.89. The Kier molecular flexibility index (Phi) is 9.00. The molecule has 1 atom stereocenters. The topological polar surface area (TPSA) is 79.1 Å². The fourth-order valence-corrected chi connectivity index (χ4v) is 5.45. The summed E-state index contributed by atoms with van der Waals surface area (Å²) in [5, 5.41) is 0.804. The SMILES string of the molecule is C=CCOc1ccc(C2C(C(=O)OCC(C)C)=C(C)N=c3s/c(=C\c4ccc(Cl)c(Cl)c4)c(=O)n32)cc1OC. The maximum absolute atomic E-state index is 13.8. The zero-order valence-corrected chi connectivity index (χ0v) is 24.3. The van der Waals surface area contributed by atoms with Crippen molar-refractivity contribution in [2.24, 2.45) is 10.9 Å². The van der Waals surface area contributed by atoms with Crippen molar-refractivity contribution in [1.82, 2.24) is 4.57 Å². The quantitative estimate of drug-likeness (QED) is 0.250. The van der Waals surface area contributed by atoms with Gasteiger partial charge < -0.3 is 14.2 Å². The molecule has 0 bridgehead atoms. The number of hydrogen-bond donors (Lipinski definition) is 0. The van der Waals surface area contributed by atoms with Gasteiger partial charge in [-0.3, -0.25) is 9.36 Å². The molecule has 2 heterocycles. The van der Waals surface area contributed by atoms with Crippen molar-refractivity contribution in [2.75, 3.05) is 20.3 Å². The molecule has 1 aliphatic rings. The molecule has 204 valence electrons. The average molecular weight is 588 g/mol. The number of carbonyl (C=O) groups is 1. The first-order valence-corrected chi connectivity index (χ1v) is 13.8. The molecule has 0 amide bonds. The molecule has 10 heteroatoms. The first-order valence-electron chi connectivity index (χ1n) is 12.2. The molecule has 1 aliphatic heterocycles. The number of esters is 1. The lowest BCUT2D eigenvalue weighted by Gasteiger charge is -2.25. The second kappa shape index (κ2) is 12.2. The first-order chi connectivity index (χ1) is 18.6. The van der Waals surface area contributed by atoms with Gasteiger partial charge in [0.2, 0.25) is 0 Å². The highest BCUT2D eigenvalue weighted by atomic mass is 35.5. The Balaban J connectivity index is 1.91. The number of thiazole rings is 1. The Bertz CT molecular complexity index is 1640.